The standard InChI is InChI=1S/C62H58O6/c1-3-5-37-67-47-33-35-57(59(63)41-47)61(53-21-11-7-17-49(53)50-18-8-12-22-54(50)61)43-25-29-45(30-26-43)65-39-15-16-40-66-46-31-27-44(28-32-46)62(58-36-34-48(42-60(58)64)68-38-6-4-2)55-23-13-9-19-51(55)52-20-10-14-24-56(52)62/h7-14,17-36,41-42,63-64H,3-6,15-16,37-40H2,1-2H3. The van der Waals surface area contributed by atoms with Crippen LogP contribution in [0.3, 0.4) is 0 Å². The van der Waals surface area contributed by atoms with E-state index < -0.39 is 10.8 Å². The third kappa shape index (κ3) is 7.82. The fourth-order valence-electron chi connectivity index (χ4n) is 10.7. The first-order valence-corrected chi connectivity index (χ1v) is 24.3. The number of rotatable bonds is 19. The van der Waals surface area contributed by atoms with Crippen LogP contribution in [0.25, 0.3) is 22.3 Å². The largest absolute Gasteiger partial charge is 0.507 e. The van der Waals surface area contributed by atoms with Crippen LogP contribution >= 0.6 is 0 Å². The quantitative estimate of drug-likeness (QED) is 0.0788. The van der Waals surface area contributed by atoms with Gasteiger partial charge in [0.25, 0.3) is 0 Å². The lowest BCUT2D eigenvalue weighted by molar-refractivity contribution is 0.266. The van der Waals surface area contributed by atoms with Crippen molar-refractivity contribution in [2.75, 3.05) is 26.4 Å². The molecule has 6 heteroatoms. The number of phenolic OH excluding ortho intramolecular Hbond substituents is 2. The zero-order valence-corrected chi connectivity index (χ0v) is 38.9. The van der Waals surface area contributed by atoms with Crippen LogP contribution in [0.5, 0.6) is 34.5 Å². The van der Waals surface area contributed by atoms with E-state index >= 15 is 0 Å². The minimum Gasteiger partial charge on any atom is -0.507 e. The molecule has 10 rings (SSSR count). The van der Waals surface area contributed by atoms with Gasteiger partial charge in [0.1, 0.15) is 34.5 Å². The predicted molar refractivity (Wildman–Crippen MR) is 272 cm³/mol. The molecule has 6 nitrogen and oxygen atoms in total. The number of hydrogen-bond donors (Lipinski definition) is 2. The normalized spacial score (nSPS) is 13.5. The monoisotopic (exact) mass is 898 g/mol. The Morgan fingerprint density at radius 1 is 0.324 bits per heavy atom. The van der Waals surface area contributed by atoms with Crippen molar-refractivity contribution in [3.8, 4) is 56.8 Å². The molecule has 0 atom stereocenters. The maximum Gasteiger partial charge on any atom is 0.124 e. The fraction of sp³-hybridized carbons (Fsp3) is 0.226. The predicted octanol–water partition coefficient (Wildman–Crippen LogP) is 14.4. The molecule has 0 fully saturated rings. The highest BCUT2D eigenvalue weighted by atomic mass is 16.5. The summed E-state index contributed by atoms with van der Waals surface area (Å²) >= 11 is 0. The number of aromatic hydroxyl groups is 2. The highest BCUT2D eigenvalue weighted by Crippen LogP contribution is 2.59. The summed E-state index contributed by atoms with van der Waals surface area (Å²) in [6.45, 7) is 6.60. The van der Waals surface area contributed by atoms with E-state index in [2.05, 4.69) is 135 Å². The first kappa shape index (κ1) is 44.4. The van der Waals surface area contributed by atoms with E-state index in [-0.39, 0.29) is 11.5 Å². The molecule has 2 aliphatic carbocycles. The van der Waals surface area contributed by atoms with E-state index in [0.29, 0.717) is 37.9 Å². The Morgan fingerprint density at radius 2 is 0.618 bits per heavy atom. The van der Waals surface area contributed by atoms with Crippen LogP contribution in [0, 0.1) is 0 Å². The van der Waals surface area contributed by atoms with Crippen LogP contribution in [0.15, 0.2) is 182 Å². The average Bonchev–Trinajstić information content (AvgIpc) is 3.84. The SMILES string of the molecule is CCCCOc1ccc(C2(c3ccc(OCCCCOc4ccc(C5(c6ccc(OCCCC)cc6O)c6ccccc6-c6ccccc65)cc4)cc3)c3ccccc3-c3ccccc32)c(O)c1. The van der Waals surface area contributed by atoms with Gasteiger partial charge in [0.2, 0.25) is 0 Å². The number of benzene rings is 8. The topological polar surface area (TPSA) is 77.4 Å². The second-order valence-corrected chi connectivity index (χ2v) is 17.9. The second-order valence-electron chi connectivity index (χ2n) is 17.9. The summed E-state index contributed by atoms with van der Waals surface area (Å²) < 4.78 is 24.6. The molecular formula is C62H58O6. The van der Waals surface area contributed by atoms with Gasteiger partial charge in [-0.1, -0.05) is 160 Å². The number of phenols is 2. The molecule has 0 aromatic heterocycles. The fourth-order valence-corrected chi connectivity index (χ4v) is 10.7. The van der Waals surface area contributed by atoms with Crippen molar-refractivity contribution < 1.29 is 29.2 Å². The lowest BCUT2D eigenvalue weighted by atomic mass is 9.67. The van der Waals surface area contributed by atoms with Gasteiger partial charge in [-0.15, -0.1) is 0 Å². The van der Waals surface area contributed by atoms with Crippen molar-refractivity contribution in [2.24, 2.45) is 0 Å². The van der Waals surface area contributed by atoms with Crippen LogP contribution in [0.2, 0.25) is 0 Å². The van der Waals surface area contributed by atoms with Crippen LogP contribution < -0.4 is 18.9 Å². The number of fused-ring (bicyclic) bond motifs is 6. The van der Waals surface area contributed by atoms with Gasteiger partial charge >= 0.3 is 0 Å². The summed E-state index contributed by atoms with van der Waals surface area (Å²) in [6.07, 6.45) is 5.63. The molecule has 8 aromatic carbocycles. The molecule has 0 aliphatic heterocycles. The van der Waals surface area contributed by atoms with Gasteiger partial charge < -0.3 is 29.2 Å². The third-order valence-electron chi connectivity index (χ3n) is 13.8. The second kappa shape index (κ2) is 19.4. The van der Waals surface area contributed by atoms with Gasteiger partial charge in [-0.2, -0.15) is 0 Å². The first-order valence-electron chi connectivity index (χ1n) is 24.3. The van der Waals surface area contributed by atoms with Crippen LogP contribution in [0.4, 0.5) is 0 Å². The first-order chi connectivity index (χ1) is 33.5. The van der Waals surface area contributed by atoms with Crippen LogP contribution in [-0.4, -0.2) is 36.6 Å². The summed E-state index contributed by atoms with van der Waals surface area (Å²) in [4.78, 5) is 0. The molecular weight excluding hydrogens is 841 g/mol. The van der Waals surface area contributed by atoms with E-state index in [1.807, 2.05) is 48.5 Å². The van der Waals surface area contributed by atoms with Gasteiger partial charge in [0.05, 0.1) is 37.3 Å². The van der Waals surface area contributed by atoms with Gasteiger partial charge in [-0.3, -0.25) is 0 Å². The molecule has 0 unspecified atom stereocenters. The average molecular weight is 899 g/mol. The molecule has 0 amide bonds. The zero-order chi connectivity index (χ0) is 46.5. The minimum atomic E-state index is -0.740. The minimum absolute atomic E-state index is 0.202. The molecule has 342 valence electrons. The van der Waals surface area contributed by atoms with Crippen molar-refractivity contribution >= 4 is 0 Å². The molecule has 2 aliphatic rings. The molecule has 0 bridgehead atoms. The van der Waals surface area contributed by atoms with E-state index in [9.17, 15) is 10.2 Å². The Kier molecular flexibility index (Phi) is 12.7. The molecule has 2 N–H and O–H groups in total. The molecule has 0 saturated carbocycles. The Hall–Kier alpha value is -7.44. The Bertz CT molecular complexity index is 2730. The third-order valence-corrected chi connectivity index (χ3v) is 13.8. The van der Waals surface area contributed by atoms with Crippen LogP contribution in [-0.2, 0) is 10.8 Å². The molecule has 0 saturated heterocycles. The van der Waals surface area contributed by atoms with E-state index in [0.717, 1.165) is 117 Å². The molecule has 0 radical (unpaired) electrons. The summed E-state index contributed by atoms with van der Waals surface area (Å²) in [7, 11) is 0. The molecule has 68 heavy (non-hydrogen) atoms. The number of hydrogen-bond acceptors (Lipinski definition) is 6. The summed E-state index contributed by atoms with van der Waals surface area (Å²) in [6, 6.07) is 62.3. The van der Waals surface area contributed by atoms with Crippen molar-refractivity contribution in [3.05, 3.63) is 226 Å². The van der Waals surface area contributed by atoms with Gasteiger partial charge in [0, 0.05) is 23.3 Å². The zero-order valence-electron chi connectivity index (χ0n) is 38.9. The van der Waals surface area contributed by atoms with Crippen molar-refractivity contribution in [3.63, 3.8) is 0 Å². The van der Waals surface area contributed by atoms with Crippen molar-refractivity contribution in [1.82, 2.24) is 0 Å². The maximum absolute atomic E-state index is 11.8. The van der Waals surface area contributed by atoms with Gasteiger partial charge in [0.15, 0.2) is 0 Å². The summed E-state index contributed by atoms with van der Waals surface area (Å²) in [5.41, 5.74) is 11.4. The van der Waals surface area contributed by atoms with Crippen molar-refractivity contribution in [1.29, 1.82) is 0 Å². The molecule has 0 spiro atoms. The molecule has 0 heterocycles. The highest BCUT2D eigenvalue weighted by molar-refractivity contribution is 5.88. The lowest BCUT2D eigenvalue weighted by Crippen LogP contribution is -2.28. The van der Waals surface area contributed by atoms with E-state index in [1.54, 1.807) is 12.1 Å². The maximum atomic E-state index is 11.8. The van der Waals surface area contributed by atoms with Crippen LogP contribution in [0.1, 0.15) is 96.9 Å². The van der Waals surface area contributed by atoms with Gasteiger partial charge in [-0.25, -0.2) is 0 Å². The number of ether oxygens (including phenoxy) is 4. The lowest BCUT2D eigenvalue weighted by Gasteiger charge is -2.34. The Labute approximate surface area is 400 Å². The van der Waals surface area contributed by atoms with Crippen molar-refractivity contribution in [2.45, 2.75) is 63.2 Å². The van der Waals surface area contributed by atoms with E-state index in [1.165, 1.54) is 0 Å². The van der Waals surface area contributed by atoms with E-state index in [4.69, 9.17) is 18.9 Å². The highest BCUT2D eigenvalue weighted by Gasteiger charge is 2.49. The van der Waals surface area contributed by atoms with Gasteiger partial charge in [-0.05, 0) is 118 Å². The Balaban J connectivity index is 0.830. The summed E-state index contributed by atoms with van der Waals surface area (Å²) in [5, 5.41) is 23.6. The molecule has 8 aromatic rings. The summed E-state index contributed by atoms with van der Waals surface area (Å²) in [5.74, 6) is 3.32. The number of unbranched alkanes of at least 4 members (excludes halogenated alkanes) is 3. The Morgan fingerprint density at radius 3 is 0.941 bits per heavy atom. The smallest absolute Gasteiger partial charge is 0.124 e.